The van der Waals surface area contributed by atoms with Gasteiger partial charge in [0.1, 0.15) is 6.04 Å². The number of rotatable bonds is 8. The topological polar surface area (TPSA) is 52.3 Å². The van der Waals surface area contributed by atoms with E-state index in [1.165, 1.54) is 12.8 Å². The number of hydrogen-bond donors (Lipinski definition) is 2. The molecule has 0 amide bonds. The summed E-state index contributed by atoms with van der Waals surface area (Å²) in [5.41, 5.74) is 5.55. The summed E-state index contributed by atoms with van der Waals surface area (Å²) in [7, 11) is 0. The lowest BCUT2D eigenvalue weighted by molar-refractivity contribution is -0.145. The summed E-state index contributed by atoms with van der Waals surface area (Å²) in [4.78, 5) is 11.2. The molecule has 0 aromatic heterocycles. The molecule has 4 heteroatoms. The van der Waals surface area contributed by atoms with Gasteiger partial charge in [-0.25, -0.2) is 0 Å². The zero-order valence-corrected chi connectivity index (χ0v) is 9.76. The van der Waals surface area contributed by atoms with E-state index in [-0.39, 0.29) is 5.97 Å². The number of carbonyl (C=O) groups is 1. The second-order valence-corrected chi connectivity index (χ2v) is 3.79. The lowest BCUT2D eigenvalue weighted by Gasteiger charge is -2.09. The minimum Gasteiger partial charge on any atom is -0.465 e. The molecule has 84 valence electrons. The predicted octanol–water partition coefficient (Wildman–Crippen LogP) is 1.76. The highest BCUT2D eigenvalue weighted by Gasteiger charge is 2.12. The molecule has 0 spiro atoms. The number of ether oxygens (including phenoxy) is 1. The van der Waals surface area contributed by atoms with Crippen molar-refractivity contribution in [3.05, 3.63) is 0 Å². The van der Waals surface area contributed by atoms with E-state index in [0.717, 1.165) is 12.8 Å². The van der Waals surface area contributed by atoms with Crippen LogP contribution in [0.4, 0.5) is 0 Å². The first-order valence-corrected chi connectivity index (χ1v) is 5.88. The van der Waals surface area contributed by atoms with Crippen molar-refractivity contribution in [2.75, 3.05) is 12.4 Å². The standard InChI is InChI=1S/C10H21NO2S/c1-2-3-4-5-7-13-10(12)9(11)6-8-14/h9,14H,2-8,11H2,1H3. The van der Waals surface area contributed by atoms with Crippen molar-refractivity contribution >= 4 is 18.6 Å². The molecule has 0 heterocycles. The van der Waals surface area contributed by atoms with Crippen molar-refractivity contribution in [1.82, 2.24) is 0 Å². The predicted molar refractivity (Wildman–Crippen MR) is 61.5 cm³/mol. The first kappa shape index (κ1) is 13.8. The van der Waals surface area contributed by atoms with Crippen LogP contribution >= 0.6 is 12.6 Å². The summed E-state index contributed by atoms with van der Waals surface area (Å²) in [6.07, 6.45) is 5.02. The maximum atomic E-state index is 11.2. The Morgan fingerprint density at radius 3 is 2.71 bits per heavy atom. The van der Waals surface area contributed by atoms with E-state index in [1.807, 2.05) is 0 Å². The summed E-state index contributed by atoms with van der Waals surface area (Å²) >= 11 is 4.00. The third-order valence-electron chi connectivity index (χ3n) is 1.99. The van der Waals surface area contributed by atoms with Crippen LogP contribution in [0.15, 0.2) is 0 Å². The van der Waals surface area contributed by atoms with Crippen molar-refractivity contribution in [2.45, 2.75) is 45.1 Å². The molecule has 14 heavy (non-hydrogen) atoms. The first-order chi connectivity index (χ1) is 6.72. The molecule has 0 rings (SSSR count). The Morgan fingerprint density at radius 2 is 2.14 bits per heavy atom. The lowest BCUT2D eigenvalue weighted by Crippen LogP contribution is -2.32. The number of nitrogens with two attached hydrogens (primary N) is 1. The van der Waals surface area contributed by atoms with Gasteiger partial charge >= 0.3 is 5.97 Å². The summed E-state index contributed by atoms with van der Waals surface area (Å²) in [6, 6.07) is -0.501. The van der Waals surface area contributed by atoms with Gasteiger partial charge in [0.2, 0.25) is 0 Å². The Bertz CT molecular complexity index is 153. The van der Waals surface area contributed by atoms with Crippen LogP contribution in [0.3, 0.4) is 0 Å². The van der Waals surface area contributed by atoms with Crippen LogP contribution in [-0.4, -0.2) is 24.4 Å². The number of unbranched alkanes of at least 4 members (excludes halogenated alkanes) is 3. The highest BCUT2D eigenvalue weighted by atomic mass is 32.1. The zero-order chi connectivity index (χ0) is 10.8. The van der Waals surface area contributed by atoms with Gasteiger partial charge in [0.25, 0.3) is 0 Å². The van der Waals surface area contributed by atoms with Gasteiger partial charge in [-0.1, -0.05) is 26.2 Å². The SMILES string of the molecule is CCCCCCOC(=O)C(N)CCS. The van der Waals surface area contributed by atoms with Crippen molar-refractivity contribution in [3.63, 3.8) is 0 Å². The first-order valence-electron chi connectivity index (χ1n) is 5.25. The monoisotopic (exact) mass is 219 g/mol. The van der Waals surface area contributed by atoms with E-state index < -0.39 is 6.04 Å². The van der Waals surface area contributed by atoms with Crippen LogP contribution in [0, 0.1) is 0 Å². The van der Waals surface area contributed by atoms with Gasteiger partial charge in [-0.2, -0.15) is 12.6 Å². The van der Waals surface area contributed by atoms with Gasteiger partial charge in [-0.3, -0.25) is 4.79 Å². The van der Waals surface area contributed by atoms with Crippen LogP contribution in [0.25, 0.3) is 0 Å². The van der Waals surface area contributed by atoms with Crippen LogP contribution in [0.2, 0.25) is 0 Å². The van der Waals surface area contributed by atoms with Gasteiger partial charge in [0, 0.05) is 0 Å². The quantitative estimate of drug-likeness (QED) is 0.371. The van der Waals surface area contributed by atoms with Crippen molar-refractivity contribution in [3.8, 4) is 0 Å². The number of thiol groups is 1. The molecule has 0 fully saturated rings. The fourth-order valence-corrected chi connectivity index (χ4v) is 1.34. The molecule has 2 N–H and O–H groups in total. The van der Waals surface area contributed by atoms with Crippen molar-refractivity contribution in [2.24, 2.45) is 5.73 Å². The largest absolute Gasteiger partial charge is 0.465 e. The molecule has 0 aromatic carbocycles. The second-order valence-electron chi connectivity index (χ2n) is 3.35. The minimum atomic E-state index is -0.501. The summed E-state index contributed by atoms with van der Waals surface area (Å²) in [5, 5.41) is 0. The van der Waals surface area contributed by atoms with Gasteiger partial charge in [-0.05, 0) is 18.6 Å². The molecule has 1 atom stereocenters. The Morgan fingerprint density at radius 1 is 1.43 bits per heavy atom. The van der Waals surface area contributed by atoms with Gasteiger partial charge in [0.15, 0.2) is 0 Å². The molecule has 0 saturated carbocycles. The third kappa shape index (κ3) is 7.21. The average molecular weight is 219 g/mol. The van der Waals surface area contributed by atoms with Crippen molar-refractivity contribution in [1.29, 1.82) is 0 Å². The molecule has 3 nitrogen and oxygen atoms in total. The molecule has 0 aliphatic rings. The molecular formula is C10H21NO2S. The Kier molecular flexibility index (Phi) is 9.19. The normalized spacial score (nSPS) is 12.5. The van der Waals surface area contributed by atoms with Gasteiger partial charge in [-0.15, -0.1) is 0 Å². The fourth-order valence-electron chi connectivity index (χ4n) is 1.07. The summed E-state index contributed by atoms with van der Waals surface area (Å²) in [6.45, 7) is 2.65. The average Bonchev–Trinajstić information content (AvgIpc) is 2.17. The molecular weight excluding hydrogens is 198 g/mol. The molecule has 0 radical (unpaired) electrons. The maximum absolute atomic E-state index is 11.2. The highest BCUT2D eigenvalue weighted by Crippen LogP contribution is 2.00. The molecule has 1 unspecified atom stereocenters. The maximum Gasteiger partial charge on any atom is 0.322 e. The summed E-state index contributed by atoms with van der Waals surface area (Å²) in [5.74, 6) is 0.321. The van der Waals surface area contributed by atoms with E-state index in [0.29, 0.717) is 18.8 Å². The fraction of sp³-hybridized carbons (Fsp3) is 0.900. The van der Waals surface area contributed by atoms with Crippen LogP contribution in [0.1, 0.15) is 39.0 Å². The van der Waals surface area contributed by atoms with Crippen LogP contribution < -0.4 is 5.73 Å². The molecule has 0 saturated heterocycles. The highest BCUT2D eigenvalue weighted by molar-refractivity contribution is 7.80. The lowest BCUT2D eigenvalue weighted by atomic mass is 10.2. The second kappa shape index (κ2) is 9.34. The zero-order valence-electron chi connectivity index (χ0n) is 8.87. The molecule has 0 aromatic rings. The van der Waals surface area contributed by atoms with Crippen LogP contribution in [-0.2, 0) is 9.53 Å². The van der Waals surface area contributed by atoms with E-state index in [1.54, 1.807) is 0 Å². The smallest absolute Gasteiger partial charge is 0.322 e. The van der Waals surface area contributed by atoms with E-state index >= 15 is 0 Å². The Balaban J connectivity index is 3.34. The van der Waals surface area contributed by atoms with Crippen molar-refractivity contribution < 1.29 is 9.53 Å². The number of carbonyl (C=O) groups excluding carboxylic acids is 1. The number of esters is 1. The van der Waals surface area contributed by atoms with E-state index in [9.17, 15) is 4.79 Å². The molecule has 0 aliphatic heterocycles. The third-order valence-corrected chi connectivity index (χ3v) is 2.24. The van der Waals surface area contributed by atoms with Gasteiger partial charge in [0.05, 0.1) is 6.61 Å². The Hall–Kier alpha value is -0.220. The van der Waals surface area contributed by atoms with E-state index in [2.05, 4.69) is 19.6 Å². The van der Waals surface area contributed by atoms with Crippen LogP contribution in [0.5, 0.6) is 0 Å². The van der Waals surface area contributed by atoms with Gasteiger partial charge < -0.3 is 10.5 Å². The number of hydrogen-bond acceptors (Lipinski definition) is 4. The molecule has 0 bridgehead atoms. The van der Waals surface area contributed by atoms with E-state index in [4.69, 9.17) is 10.5 Å². The summed E-state index contributed by atoms with van der Waals surface area (Å²) < 4.78 is 5.01. The molecule has 0 aliphatic carbocycles. The Labute approximate surface area is 91.8 Å². The minimum absolute atomic E-state index is 0.296.